The molecule has 1 heterocycles. The van der Waals surface area contributed by atoms with Gasteiger partial charge < -0.3 is 4.74 Å². The number of ketones is 1. The van der Waals surface area contributed by atoms with Gasteiger partial charge in [-0.2, -0.15) is 0 Å². The Morgan fingerprint density at radius 3 is 2.46 bits per heavy atom. The Hall–Kier alpha value is -0.370. The van der Waals surface area contributed by atoms with Crippen molar-refractivity contribution in [3.8, 4) is 0 Å². The topological polar surface area (TPSA) is 29.6 Å². The Kier molecular flexibility index (Phi) is 3.78. The molecule has 0 aromatic heterocycles. The molecule has 136 valence electrons. The molecule has 0 amide bonds. The largest absolute Gasteiger partial charge is 0.357 e. The smallest absolute Gasteiger partial charge is 0.164 e. The van der Waals surface area contributed by atoms with Gasteiger partial charge in [-0.15, -0.1) is 0 Å². The van der Waals surface area contributed by atoms with Crippen molar-refractivity contribution in [3.63, 3.8) is 0 Å². The number of carbonyl (C=O) groups is 1. The van der Waals surface area contributed by atoms with E-state index in [4.69, 9.17) is 4.74 Å². The van der Waals surface area contributed by atoms with Crippen LogP contribution in [0.3, 0.4) is 0 Å². The molecule has 0 N–H and O–H groups in total. The lowest BCUT2D eigenvalue weighted by Gasteiger charge is -2.59. The van der Waals surface area contributed by atoms with Crippen LogP contribution >= 0.6 is 0 Å². The lowest BCUT2D eigenvalue weighted by atomic mass is 9.44. The fourth-order valence-electron chi connectivity index (χ4n) is 7.76. The van der Waals surface area contributed by atoms with Gasteiger partial charge in [0.2, 0.25) is 0 Å². The number of fused-ring (bicyclic) bond motifs is 4. The first-order valence-electron chi connectivity index (χ1n) is 10.6. The third-order valence-electron chi connectivity index (χ3n) is 9.42. The number of Topliss-reactive ketones (excluding diaryl/α,β-unsaturated/α-hetero) is 1. The van der Waals surface area contributed by atoms with Crippen LogP contribution in [0.2, 0.25) is 0 Å². The molecule has 8 unspecified atom stereocenters. The first-order chi connectivity index (χ1) is 11.4. The average Bonchev–Trinajstić information content (AvgIpc) is 3.26. The predicted octanol–water partition coefficient (Wildman–Crippen LogP) is 5.39. The van der Waals surface area contributed by atoms with Crippen LogP contribution in [0.1, 0.15) is 86.0 Å². The normalized spacial score (nSPS) is 57.7. The molecular formula is C22H36O2. The maximum absolute atomic E-state index is 12.1. The van der Waals surface area contributed by atoms with E-state index >= 15 is 0 Å². The van der Waals surface area contributed by atoms with E-state index in [9.17, 15) is 4.79 Å². The first kappa shape index (κ1) is 17.1. The van der Waals surface area contributed by atoms with E-state index in [2.05, 4.69) is 20.8 Å². The van der Waals surface area contributed by atoms with Gasteiger partial charge in [-0.05, 0) is 74.0 Å². The molecule has 4 saturated carbocycles. The standard InChI is InChI=1S/C20H30O2.C2H6/c1-12-4-5-14-13-6-11-20-17(22-20)16(21)8-10-19(20,3)15(13)7-9-18(12,14)2;1-2/h12-15,17H,4-11H2,1-3H3;1-2H3. The predicted molar refractivity (Wildman–Crippen MR) is 96.7 cm³/mol. The van der Waals surface area contributed by atoms with Crippen LogP contribution in [0.4, 0.5) is 0 Å². The van der Waals surface area contributed by atoms with Gasteiger partial charge in [0, 0.05) is 11.8 Å². The summed E-state index contributed by atoms with van der Waals surface area (Å²) >= 11 is 0. The third kappa shape index (κ3) is 1.85. The third-order valence-corrected chi connectivity index (χ3v) is 9.42. The zero-order valence-electron chi connectivity index (χ0n) is 16.4. The minimum atomic E-state index is -0.0402. The summed E-state index contributed by atoms with van der Waals surface area (Å²) in [6.45, 7) is 11.6. The van der Waals surface area contributed by atoms with Crippen molar-refractivity contribution in [2.75, 3.05) is 0 Å². The van der Waals surface area contributed by atoms with Crippen LogP contribution in [-0.4, -0.2) is 17.5 Å². The summed E-state index contributed by atoms with van der Waals surface area (Å²) in [6.07, 6.45) is 9.97. The van der Waals surface area contributed by atoms with Gasteiger partial charge in [0.25, 0.3) is 0 Å². The highest BCUT2D eigenvalue weighted by molar-refractivity contribution is 5.88. The molecule has 2 heteroatoms. The molecule has 1 saturated heterocycles. The summed E-state index contributed by atoms with van der Waals surface area (Å²) < 4.78 is 6.14. The second-order valence-corrected chi connectivity index (χ2v) is 9.71. The molecule has 1 spiro atoms. The molecule has 0 aromatic rings. The van der Waals surface area contributed by atoms with Crippen molar-refractivity contribution in [1.29, 1.82) is 0 Å². The molecule has 0 bridgehead atoms. The Labute approximate surface area is 148 Å². The molecule has 1 aliphatic heterocycles. The summed E-state index contributed by atoms with van der Waals surface area (Å²) in [6, 6.07) is 0. The van der Waals surface area contributed by atoms with E-state index in [1.165, 1.54) is 32.1 Å². The van der Waals surface area contributed by atoms with Gasteiger partial charge in [-0.1, -0.05) is 34.6 Å². The van der Waals surface area contributed by atoms with Crippen molar-refractivity contribution in [2.24, 2.45) is 34.5 Å². The molecule has 5 fully saturated rings. The zero-order valence-corrected chi connectivity index (χ0v) is 16.4. The quantitative estimate of drug-likeness (QED) is 0.556. The van der Waals surface area contributed by atoms with E-state index < -0.39 is 0 Å². The second kappa shape index (κ2) is 5.32. The van der Waals surface area contributed by atoms with E-state index in [0.29, 0.717) is 11.2 Å². The summed E-state index contributed by atoms with van der Waals surface area (Å²) in [5.41, 5.74) is 0.833. The SMILES string of the molecule is CC.CC1CCC2C3CCC45OC4C(=O)CCC5(C)C3CCC12C. The summed E-state index contributed by atoms with van der Waals surface area (Å²) in [5, 5.41) is 0. The van der Waals surface area contributed by atoms with Gasteiger partial charge in [-0.25, -0.2) is 0 Å². The second-order valence-electron chi connectivity index (χ2n) is 9.71. The Morgan fingerprint density at radius 1 is 0.958 bits per heavy atom. The molecule has 0 radical (unpaired) electrons. The van der Waals surface area contributed by atoms with Crippen LogP contribution in [-0.2, 0) is 9.53 Å². The van der Waals surface area contributed by atoms with Crippen LogP contribution < -0.4 is 0 Å². The summed E-state index contributed by atoms with van der Waals surface area (Å²) in [7, 11) is 0. The van der Waals surface area contributed by atoms with Crippen molar-refractivity contribution in [1.82, 2.24) is 0 Å². The van der Waals surface area contributed by atoms with Crippen LogP contribution in [0.5, 0.6) is 0 Å². The van der Waals surface area contributed by atoms with E-state index in [1.54, 1.807) is 0 Å². The highest BCUT2D eigenvalue weighted by Gasteiger charge is 2.76. The van der Waals surface area contributed by atoms with Gasteiger partial charge in [0.15, 0.2) is 5.78 Å². The number of hydrogen-bond donors (Lipinski definition) is 0. The zero-order chi connectivity index (χ0) is 17.3. The summed E-state index contributed by atoms with van der Waals surface area (Å²) in [5.74, 6) is 3.94. The van der Waals surface area contributed by atoms with Crippen LogP contribution in [0.25, 0.3) is 0 Å². The molecule has 24 heavy (non-hydrogen) atoms. The van der Waals surface area contributed by atoms with Crippen molar-refractivity contribution >= 4 is 5.78 Å². The Morgan fingerprint density at radius 2 is 1.71 bits per heavy atom. The first-order valence-corrected chi connectivity index (χ1v) is 10.6. The van der Waals surface area contributed by atoms with Crippen molar-refractivity contribution < 1.29 is 9.53 Å². The maximum atomic E-state index is 12.1. The monoisotopic (exact) mass is 332 g/mol. The highest BCUT2D eigenvalue weighted by atomic mass is 16.6. The Bertz CT molecular complexity index is 542. The van der Waals surface area contributed by atoms with Crippen molar-refractivity contribution in [3.05, 3.63) is 0 Å². The summed E-state index contributed by atoms with van der Waals surface area (Å²) in [4.78, 5) is 12.1. The minimum Gasteiger partial charge on any atom is -0.357 e. The fraction of sp³-hybridized carbons (Fsp3) is 0.955. The number of epoxide rings is 1. The van der Waals surface area contributed by atoms with Gasteiger partial charge in [0.05, 0.1) is 0 Å². The molecule has 0 aromatic carbocycles. The van der Waals surface area contributed by atoms with Gasteiger partial charge >= 0.3 is 0 Å². The van der Waals surface area contributed by atoms with Gasteiger partial charge in [0.1, 0.15) is 11.7 Å². The van der Waals surface area contributed by atoms with Gasteiger partial charge in [-0.3, -0.25) is 4.79 Å². The number of ether oxygens (including phenoxy) is 1. The lowest BCUT2D eigenvalue weighted by molar-refractivity contribution is -0.130. The van der Waals surface area contributed by atoms with E-state index in [1.807, 2.05) is 13.8 Å². The molecule has 5 rings (SSSR count). The molecule has 8 atom stereocenters. The van der Waals surface area contributed by atoms with Crippen LogP contribution in [0.15, 0.2) is 0 Å². The van der Waals surface area contributed by atoms with E-state index in [0.717, 1.165) is 42.9 Å². The number of carbonyl (C=O) groups excluding carboxylic acids is 1. The van der Waals surface area contributed by atoms with E-state index in [-0.39, 0.29) is 17.1 Å². The lowest BCUT2D eigenvalue weighted by Crippen LogP contribution is -2.58. The maximum Gasteiger partial charge on any atom is 0.164 e. The number of rotatable bonds is 0. The Balaban J connectivity index is 0.000000704. The average molecular weight is 333 g/mol. The highest BCUT2D eigenvalue weighted by Crippen LogP contribution is 2.72. The minimum absolute atomic E-state index is 0.0250. The molecule has 2 nitrogen and oxygen atoms in total. The molecular weight excluding hydrogens is 296 g/mol. The molecule has 5 aliphatic rings. The number of hydrogen-bond acceptors (Lipinski definition) is 2. The fourth-order valence-corrected chi connectivity index (χ4v) is 7.76. The van der Waals surface area contributed by atoms with Crippen molar-refractivity contribution in [2.45, 2.75) is 97.7 Å². The van der Waals surface area contributed by atoms with Crippen LogP contribution in [0, 0.1) is 34.5 Å². The molecule has 4 aliphatic carbocycles.